The summed E-state index contributed by atoms with van der Waals surface area (Å²) in [5.41, 5.74) is 2.49. The average Bonchev–Trinajstić information content (AvgIpc) is 2.72. The highest BCUT2D eigenvalue weighted by Gasteiger charge is 2.21. The topological polar surface area (TPSA) is 60.4 Å². The summed E-state index contributed by atoms with van der Waals surface area (Å²) in [5.74, 6) is 1.08. The summed E-state index contributed by atoms with van der Waals surface area (Å²) in [6.45, 7) is 11.7. The van der Waals surface area contributed by atoms with Gasteiger partial charge in [-0.25, -0.2) is 4.99 Å². The van der Waals surface area contributed by atoms with E-state index in [1.165, 1.54) is 11.3 Å². The van der Waals surface area contributed by atoms with Gasteiger partial charge in [0.25, 0.3) is 0 Å². The van der Waals surface area contributed by atoms with Crippen LogP contribution in [0.15, 0.2) is 29.3 Å². The molecule has 1 aromatic rings. The minimum atomic E-state index is 0. The molecule has 7 nitrogen and oxygen atoms in total. The van der Waals surface area contributed by atoms with Crippen molar-refractivity contribution in [2.75, 3.05) is 63.9 Å². The first-order chi connectivity index (χ1) is 13.2. The van der Waals surface area contributed by atoms with Crippen LogP contribution in [-0.2, 0) is 16.1 Å². The number of para-hydroxylation sites is 1. The van der Waals surface area contributed by atoms with Crippen LogP contribution in [0.25, 0.3) is 0 Å². The summed E-state index contributed by atoms with van der Waals surface area (Å²) < 4.78 is 5.48. The van der Waals surface area contributed by atoms with Gasteiger partial charge in [0.15, 0.2) is 5.96 Å². The molecule has 8 heteroatoms. The predicted molar refractivity (Wildman–Crippen MR) is 124 cm³/mol. The number of nitrogens with zero attached hydrogens (tertiary/aromatic N) is 4. The van der Waals surface area contributed by atoms with E-state index in [0.717, 1.165) is 65.0 Å². The lowest BCUT2D eigenvalue weighted by molar-refractivity contribution is -0.130. The lowest BCUT2D eigenvalue weighted by Gasteiger charge is -2.36. The molecule has 1 aromatic carbocycles. The van der Waals surface area contributed by atoms with Crippen molar-refractivity contribution >= 4 is 41.5 Å². The molecule has 0 spiro atoms. The number of hydrogen-bond donors (Lipinski definition) is 1. The molecule has 0 unspecified atom stereocenters. The zero-order valence-electron chi connectivity index (χ0n) is 16.9. The van der Waals surface area contributed by atoms with Crippen LogP contribution in [0.2, 0.25) is 0 Å². The maximum absolute atomic E-state index is 11.5. The summed E-state index contributed by atoms with van der Waals surface area (Å²) in [6, 6.07) is 8.50. The number of morpholine rings is 1. The van der Waals surface area contributed by atoms with E-state index < -0.39 is 0 Å². The Labute approximate surface area is 185 Å². The lowest BCUT2D eigenvalue weighted by Crippen LogP contribution is -2.53. The minimum absolute atomic E-state index is 0. The molecule has 3 rings (SSSR count). The number of amides is 1. The lowest BCUT2D eigenvalue weighted by atomic mass is 10.1. The van der Waals surface area contributed by atoms with Crippen LogP contribution in [-0.4, -0.2) is 80.7 Å². The monoisotopic (exact) mass is 501 g/mol. The molecule has 1 N–H and O–H groups in total. The van der Waals surface area contributed by atoms with Crippen LogP contribution in [0.1, 0.15) is 19.4 Å². The molecule has 0 atom stereocenters. The second-order valence-corrected chi connectivity index (χ2v) is 6.89. The van der Waals surface area contributed by atoms with E-state index in [0.29, 0.717) is 6.54 Å². The molecule has 2 fully saturated rings. The Kier molecular flexibility index (Phi) is 9.30. The van der Waals surface area contributed by atoms with Gasteiger partial charge in [0, 0.05) is 58.4 Å². The van der Waals surface area contributed by atoms with Gasteiger partial charge >= 0.3 is 0 Å². The molecule has 0 aliphatic carbocycles. The normalized spacial score (nSPS) is 17.9. The largest absolute Gasteiger partial charge is 0.378 e. The van der Waals surface area contributed by atoms with Crippen molar-refractivity contribution in [2.45, 2.75) is 20.4 Å². The van der Waals surface area contributed by atoms with E-state index in [9.17, 15) is 4.79 Å². The number of nitrogens with one attached hydrogen (secondary N) is 1. The Balaban J connectivity index is 0.00000280. The summed E-state index contributed by atoms with van der Waals surface area (Å²) in [4.78, 5) is 23.0. The highest BCUT2D eigenvalue weighted by atomic mass is 127. The number of aliphatic imine (C=N–C) groups is 1. The Hall–Kier alpha value is -1.55. The Morgan fingerprint density at radius 1 is 1.07 bits per heavy atom. The molecule has 0 saturated carbocycles. The third kappa shape index (κ3) is 5.97. The molecule has 2 aliphatic heterocycles. The van der Waals surface area contributed by atoms with Gasteiger partial charge in [-0.3, -0.25) is 4.79 Å². The molecule has 0 aromatic heterocycles. The number of benzene rings is 1. The van der Waals surface area contributed by atoms with Crippen LogP contribution in [0.4, 0.5) is 5.69 Å². The predicted octanol–water partition coefficient (Wildman–Crippen LogP) is 1.77. The standard InChI is InChI=1S/C20H31N5O2.HI/c1-3-21-20(25-10-8-23(9-11-25)17(2)26)22-16-18-6-4-5-7-19(18)24-12-14-27-15-13-24;/h4-7H,3,8-16H2,1-2H3,(H,21,22);1H. The quantitative estimate of drug-likeness (QED) is 0.387. The fourth-order valence-corrected chi connectivity index (χ4v) is 3.58. The molecule has 2 aliphatic rings. The number of hydrogen-bond acceptors (Lipinski definition) is 4. The molecule has 2 saturated heterocycles. The van der Waals surface area contributed by atoms with Crippen LogP contribution >= 0.6 is 24.0 Å². The molecule has 2 heterocycles. The van der Waals surface area contributed by atoms with Crippen LogP contribution < -0.4 is 10.2 Å². The SMILES string of the molecule is CCNC(=NCc1ccccc1N1CCOCC1)N1CCN(C(C)=O)CC1.I. The molecular weight excluding hydrogens is 469 g/mol. The Bertz CT molecular complexity index is 656. The second-order valence-electron chi connectivity index (χ2n) is 6.89. The average molecular weight is 501 g/mol. The Morgan fingerprint density at radius 3 is 2.36 bits per heavy atom. The van der Waals surface area contributed by atoms with Crippen molar-refractivity contribution in [2.24, 2.45) is 4.99 Å². The molecule has 0 radical (unpaired) electrons. The molecule has 1 amide bonds. The van der Waals surface area contributed by atoms with E-state index >= 15 is 0 Å². The van der Waals surface area contributed by atoms with Crippen LogP contribution in [0, 0.1) is 0 Å². The fourth-order valence-electron chi connectivity index (χ4n) is 3.58. The first-order valence-corrected chi connectivity index (χ1v) is 9.88. The van der Waals surface area contributed by atoms with E-state index in [-0.39, 0.29) is 29.9 Å². The molecule has 156 valence electrons. The van der Waals surface area contributed by atoms with Crippen molar-refractivity contribution in [3.05, 3.63) is 29.8 Å². The van der Waals surface area contributed by atoms with Gasteiger partial charge in [0.2, 0.25) is 5.91 Å². The first kappa shape index (κ1) is 22.7. The zero-order valence-corrected chi connectivity index (χ0v) is 19.2. The fraction of sp³-hybridized carbons (Fsp3) is 0.600. The maximum atomic E-state index is 11.5. The maximum Gasteiger partial charge on any atom is 0.219 e. The highest BCUT2D eigenvalue weighted by molar-refractivity contribution is 14.0. The number of carbonyl (C=O) groups is 1. The summed E-state index contributed by atoms with van der Waals surface area (Å²) in [5, 5.41) is 3.40. The number of halogens is 1. The van der Waals surface area contributed by atoms with E-state index in [4.69, 9.17) is 9.73 Å². The molecular formula is C20H32IN5O2. The van der Waals surface area contributed by atoms with Gasteiger partial charge < -0.3 is 24.8 Å². The number of carbonyl (C=O) groups excluding carboxylic acids is 1. The number of anilines is 1. The van der Waals surface area contributed by atoms with Gasteiger partial charge in [-0.1, -0.05) is 18.2 Å². The number of piperazine rings is 1. The Morgan fingerprint density at radius 2 is 1.71 bits per heavy atom. The third-order valence-electron chi connectivity index (χ3n) is 5.10. The molecule has 0 bridgehead atoms. The van der Waals surface area contributed by atoms with Crippen molar-refractivity contribution in [1.29, 1.82) is 0 Å². The first-order valence-electron chi connectivity index (χ1n) is 9.88. The van der Waals surface area contributed by atoms with Gasteiger partial charge in [0.05, 0.1) is 19.8 Å². The van der Waals surface area contributed by atoms with Gasteiger partial charge in [-0.15, -0.1) is 24.0 Å². The van der Waals surface area contributed by atoms with Gasteiger partial charge in [0.1, 0.15) is 0 Å². The summed E-state index contributed by atoms with van der Waals surface area (Å²) >= 11 is 0. The molecule has 28 heavy (non-hydrogen) atoms. The summed E-state index contributed by atoms with van der Waals surface area (Å²) in [6.07, 6.45) is 0. The van der Waals surface area contributed by atoms with Gasteiger partial charge in [-0.05, 0) is 18.6 Å². The minimum Gasteiger partial charge on any atom is -0.378 e. The smallest absolute Gasteiger partial charge is 0.219 e. The number of rotatable bonds is 4. The second kappa shape index (κ2) is 11.5. The third-order valence-corrected chi connectivity index (χ3v) is 5.10. The van der Waals surface area contributed by atoms with Crippen LogP contribution in [0.3, 0.4) is 0 Å². The van der Waals surface area contributed by atoms with E-state index in [2.05, 4.69) is 46.3 Å². The highest BCUT2D eigenvalue weighted by Crippen LogP contribution is 2.22. The van der Waals surface area contributed by atoms with Crippen molar-refractivity contribution in [3.8, 4) is 0 Å². The van der Waals surface area contributed by atoms with Gasteiger partial charge in [-0.2, -0.15) is 0 Å². The van der Waals surface area contributed by atoms with Crippen LogP contribution in [0.5, 0.6) is 0 Å². The number of guanidine groups is 1. The van der Waals surface area contributed by atoms with Crippen molar-refractivity contribution in [1.82, 2.24) is 15.1 Å². The van der Waals surface area contributed by atoms with E-state index in [1.54, 1.807) is 6.92 Å². The van der Waals surface area contributed by atoms with Crippen molar-refractivity contribution < 1.29 is 9.53 Å². The summed E-state index contributed by atoms with van der Waals surface area (Å²) in [7, 11) is 0. The van der Waals surface area contributed by atoms with E-state index in [1.807, 2.05) is 4.90 Å². The number of ether oxygens (including phenoxy) is 1. The zero-order chi connectivity index (χ0) is 19.1. The van der Waals surface area contributed by atoms with Crippen molar-refractivity contribution in [3.63, 3.8) is 0 Å².